The van der Waals surface area contributed by atoms with Crippen LogP contribution in [0.25, 0.3) is 0 Å². The van der Waals surface area contributed by atoms with Gasteiger partial charge >= 0.3 is 0 Å². The first kappa shape index (κ1) is 21.9. The molecule has 10 heteroatoms. The highest BCUT2D eigenvalue weighted by Gasteiger charge is 2.26. The Hall–Kier alpha value is -2.39. The number of nitro benzene ring substituents is 1. The van der Waals surface area contributed by atoms with Crippen LogP contribution >= 0.6 is 12.4 Å². The van der Waals surface area contributed by atoms with Crippen LogP contribution in [-0.2, 0) is 4.79 Å². The molecule has 0 saturated carbocycles. The van der Waals surface area contributed by atoms with Gasteiger partial charge in [0.25, 0.3) is 11.6 Å². The van der Waals surface area contributed by atoms with Crippen molar-refractivity contribution in [3.05, 3.63) is 33.9 Å². The third-order valence-corrected chi connectivity index (χ3v) is 5.17. The van der Waals surface area contributed by atoms with Gasteiger partial charge in [-0.05, 0) is 31.5 Å². The van der Waals surface area contributed by atoms with Crippen LogP contribution in [0.15, 0.2) is 18.2 Å². The number of rotatable bonds is 5. The molecule has 1 aromatic carbocycles. The molecule has 2 amide bonds. The number of amides is 2. The van der Waals surface area contributed by atoms with Crippen molar-refractivity contribution in [2.45, 2.75) is 25.8 Å². The summed E-state index contributed by atoms with van der Waals surface area (Å²) in [5.74, 6) is -0.298. The van der Waals surface area contributed by atoms with Crippen molar-refractivity contribution in [1.82, 2.24) is 15.5 Å². The largest absolute Gasteiger partial charge is 0.362 e. The molecule has 2 saturated heterocycles. The van der Waals surface area contributed by atoms with E-state index in [0.717, 1.165) is 19.4 Å². The zero-order valence-electron chi connectivity index (χ0n) is 15.8. The zero-order valence-corrected chi connectivity index (χ0v) is 16.7. The number of anilines is 1. The molecule has 2 aliphatic rings. The molecule has 3 rings (SSSR count). The fraction of sp³-hybridized carbons (Fsp3) is 0.556. The number of benzene rings is 1. The first-order valence-electron chi connectivity index (χ1n) is 9.26. The Labute approximate surface area is 170 Å². The van der Waals surface area contributed by atoms with Crippen LogP contribution in [0.5, 0.6) is 0 Å². The van der Waals surface area contributed by atoms with E-state index in [-0.39, 0.29) is 41.5 Å². The Bertz CT molecular complexity index is 731. The average Bonchev–Trinajstić information content (AvgIpc) is 3.19. The summed E-state index contributed by atoms with van der Waals surface area (Å²) in [5, 5.41) is 17.7. The molecule has 154 valence electrons. The quantitative estimate of drug-likeness (QED) is 0.556. The number of hydrogen-bond acceptors (Lipinski definition) is 6. The number of nitro groups is 1. The highest BCUT2D eigenvalue weighted by atomic mass is 35.5. The topological polar surface area (TPSA) is 108 Å². The molecule has 0 bridgehead atoms. The standard InChI is InChI=1S/C18H25N5O4.ClH/c1-13(24)21-7-9-22(10-8-21)16-5-4-14(11-17(16)23(26)27)18(25)20-12-15-3-2-6-19-15;/h4-5,11,15,19H,2-3,6-10,12H2,1H3,(H,20,25);1H. The summed E-state index contributed by atoms with van der Waals surface area (Å²) in [4.78, 5) is 38.5. The summed E-state index contributed by atoms with van der Waals surface area (Å²) >= 11 is 0. The first-order valence-corrected chi connectivity index (χ1v) is 9.26. The monoisotopic (exact) mass is 411 g/mol. The summed E-state index contributed by atoms with van der Waals surface area (Å²) in [6.07, 6.45) is 2.11. The van der Waals surface area contributed by atoms with Gasteiger partial charge in [0.2, 0.25) is 5.91 Å². The molecule has 2 fully saturated rings. The number of hydrogen-bond donors (Lipinski definition) is 2. The van der Waals surface area contributed by atoms with E-state index in [9.17, 15) is 19.7 Å². The van der Waals surface area contributed by atoms with E-state index in [1.54, 1.807) is 17.0 Å². The van der Waals surface area contributed by atoms with Crippen molar-refractivity contribution in [2.75, 3.05) is 44.2 Å². The van der Waals surface area contributed by atoms with Gasteiger partial charge in [-0.3, -0.25) is 19.7 Å². The third kappa shape index (κ3) is 5.11. The molecule has 0 aromatic heterocycles. The Kier molecular flexibility index (Phi) is 7.59. The highest BCUT2D eigenvalue weighted by molar-refractivity contribution is 5.95. The Morgan fingerprint density at radius 2 is 2.00 bits per heavy atom. The number of nitrogens with zero attached hydrogens (tertiary/aromatic N) is 3. The van der Waals surface area contributed by atoms with Crippen molar-refractivity contribution >= 4 is 35.6 Å². The molecule has 2 aliphatic heterocycles. The number of nitrogens with one attached hydrogen (secondary N) is 2. The van der Waals surface area contributed by atoms with Crippen molar-refractivity contribution in [1.29, 1.82) is 0 Å². The van der Waals surface area contributed by atoms with Gasteiger partial charge in [0.1, 0.15) is 5.69 Å². The van der Waals surface area contributed by atoms with Crippen molar-refractivity contribution in [3.8, 4) is 0 Å². The molecule has 28 heavy (non-hydrogen) atoms. The van der Waals surface area contributed by atoms with Crippen LogP contribution in [0.4, 0.5) is 11.4 Å². The van der Waals surface area contributed by atoms with Gasteiger partial charge in [0.05, 0.1) is 4.92 Å². The fourth-order valence-electron chi connectivity index (χ4n) is 3.59. The molecule has 2 N–H and O–H groups in total. The number of carbonyl (C=O) groups excluding carboxylic acids is 2. The van der Waals surface area contributed by atoms with Crippen LogP contribution in [-0.4, -0.2) is 66.9 Å². The number of carbonyl (C=O) groups is 2. The minimum atomic E-state index is -0.456. The van der Waals surface area contributed by atoms with Crippen molar-refractivity contribution in [2.24, 2.45) is 0 Å². The Morgan fingerprint density at radius 1 is 1.29 bits per heavy atom. The van der Waals surface area contributed by atoms with Crippen LogP contribution in [0.2, 0.25) is 0 Å². The summed E-state index contributed by atoms with van der Waals surface area (Å²) in [7, 11) is 0. The van der Waals surface area contributed by atoms with E-state index < -0.39 is 4.92 Å². The van der Waals surface area contributed by atoms with Crippen molar-refractivity contribution < 1.29 is 14.5 Å². The zero-order chi connectivity index (χ0) is 19.4. The fourth-order valence-corrected chi connectivity index (χ4v) is 3.59. The van der Waals surface area contributed by atoms with Gasteiger partial charge in [-0.2, -0.15) is 0 Å². The molecule has 0 aliphatic carbocycles. The minimum absolute atomic E-state index is 0. The lowest BCUT2D eigenvalue weighted by Crippen LogP contribution is -2.48. The smallest absolute Gasteiger partial charge is 0.293 e. The maximum absolute atomic E-state index is 12.4. The van der Waals surface area contributed by atoms with E-state index >= 15 is 0 Å². The molecular formula is C18H26ClN5O4. The molecule has 2 heterocycles. The van der Waals surface area contributed by atoms with Gasteiger partial charge < -0.3 is 20.4 Å². The predicted molar refractivity (Wildman–Crippen MR) is 108 cm³/mol. The van der Waals surface area contributed by atoms with Gasteiger partial charge in [-0.15, -0.1) is 12.4 Å². The van der Waals surface area contributed by atoms with Gasteiger partial charge in [0, 0.05) is 57.3 Å². The lowest BCUT2D eigenvalue weighted by molar-refractivity contribution is -0.384. The molecule has 1 unspecified atom stereocenters. The van der Waals surface area contributed by atoms with E-state index in [4.69, 9.17) is 0 Å². The van der Waals surface area contributed by atoms with Crippen LogP contribution < -0.4 is 15.5 Å². The lowest BCUT2D eigenvalue weighted by Gasteiger charge is -2.35. The second kappa shape index (κ2) is 9.70. The molecule has 9 nitrogen and oxygen atoms in total. The van der Waals surface area contributed by atoms with Gasteiger partial charge in [0.15, 0.2) is 0 Å². The molecule has 1 aromatic rings. The summed E-state index contributed by atoms with van der Waals surface area (Å²) in [5.41, 5.74) is 0.681. The maximum atomic E-state index is 12.4. The van der Waals surface area contributed by atoms with E-state index in [1.807, 2.05) is 4.90 Å². The second-order valence-corrected chi connectivity index (χ2v) is 6.96. The Balaban J connectivity index is 0.00000280. The van der Waals surface area contributed by atoms with Crippen LogP contribution in [0, 0.1) is 10.1 Å². The summed E-state index contributed by atoms with van der Waals surface area (Å²) in [6.45, 7) is 5.11. The van der Waals surface area contributed by atoms with Crippen molar-refractivity contribution in [3.63, 3.8) is 0 Å². The summed E-state index contributed by atoms with van der Waals surface area (Å²) < 4.78 is 0. The molecule has 0 spiro atoms. The van der Waals surface area contributed by atoms with E-state index in [0.29, 0.717) is 38.4 Å². The molecular weight excluding hydrogens is 386 g/mol. The van der Waals surface area contributed by atoms with E-state index in [1.165, 1.54) is 13.0 Å². The number of piperazine rings is 1. The summed E-state index contributed by atoms with van der Waals surface area (Å²) in [6, 6.07) is 4.85. The van der Waals surface area contributed by atoms with Gasteiger partial charge in [-0.1, -0.05) is 0 Å². The maximum Gasteiger partial charge on any atom is 0.293 e. The SMILES string of the molecule is CC(=O)N1CCN(c2ccc(C(=O)NCC3CCCN3)cc2[N+](=O)[O-])CC1.Cl. The highest BCUT2D eigenvalue weighted by Crippen LogP contribution is 2.30. The Morgan fingerprint density at radius 3 is 2.57 bits per heavy atom. The average molecular weight is 412 g/mol. The van der Waals surface area contributed by atoms with E-state index in [2.05, 4.69) is 10.6 Å². The number of halogens is 1. The first-order chi connectivity index (χ1) is 13.0. The lowest BCUT2D eigenvalue weighted by atomic mass is 10.1. The second-order valence-electron chi connectivity index (χ2n) is 6.96. The molecule has 1 atom stereocenters. The predicted octanol–water partition coefficient (Wildman–Crippen LogP) is 1.17. The van der Waals surface area contributed by atoms with Crippen LogP contribution in [0.1, 0.15) is 30.1 Å². The van der Waals surface area contributed by atoms with Crippen LogP contribution in [0.3, 0.4) is 0 Å². The molecule has 0 radical (unpaired) electrons. The minimum Gasteiger partial charge on any atom is -0.362 e. The normalized spacial score (nSPS) is 19.1. The van der Waals surface area contributed by atoms with Gasteiger partial charge in [-0.25, -0.2) is 0 Å². The third-order valence-electron chi connectivity index (χ3n) is 5.17.